The van der Waals surface area contributed by atoms with Crippen LogP contribution in [0.3, 0.4) is 0 Å². The van der Waals surface area contributed by atoms with Crippen LogP contribution in [-0.2, 0) is 28.1 Å². The molecule has 2 nitrogen and oxygen atoms in total. The van der Waals surface area contributed by atoms with Crippen molar-refractivity contribution in [2.45, 2.75) is 0 Å². The van der Waals surface area contributed by atoms with E-state index in [4.69, 9.17) is 5.71 Å². The topological polar surface area (TPSA) is 34.1 Å². The van der Waals surface area contributed by atoms with Crippen LogP contribution in [0.5, 0.6) is 0 Å². The average Bonchev–Trinajstić information content (AvgIpc) is 1.50. The second-order valence-corrected chi connectivity index (χ2v) is 0. The van der Waals surface area contributed by atoms with Gasteiger partial charge in [0.05, 0.1) is 0 Å². The molecule has 0 spiro atoms. The van der Waals surface area contributed by atoms with Gasteiger partial charge in [0.15, 0.2) is 0 Å². The molecule has 0 aliphatic carbocycles. The predicted octanol–water partition coefficient (Wildman–Crippen LogP) is -1.54. The standard InChI is InChI=1S/Ag.2In.2O.2H. The summed E-state index contributed by atoms with van der Waals surface area (Å²) < 4.78 is 16.8. The normalized spacial score (nSPS) is 1.20. The first kappa shape index (κ1) is 15.7. The molecule has 0 bridgehead atoms. The van der Waals surface area contributed by atoms with E-state index in [1.165, 1.54) is 0 Å². The summed E-state index contributed by atoms with van der Waals surface area (Å²) in [4.78, 5) is 0. The molecule has 0 amide bonds. The van der Waals surface area contributed by atoms with Crippen LogP contribution in [0.1, 0.15) is 0 Å². The van der Waals surface area contributed by atoms with Gasteiger partial charge in [-0.25, -0.2) is 0 Å². The van der Waals surface area contributed by atoms with Crippen LogP contribution in [0.25, 0.3) is 0 Å². The Hall–Kier alpha value is 2.08. The Morgan fingerprint density at radius 2 is 0.800 bits per heavy atom. The van der Waals surface area contributed by atoms with E-state index in [1.807, 2.05) is 0 Å². The van der Waals surface area contributed by atoms with Crippen LogP contribution in [0.2, 0.25) is 0 Å². The molecule has 0 aromatic rings. The molecule has 0 atom stereocenters. The van der Waals surface area contributed by atoms with Gasteiger partial charge in [0, 0.05) is 22.4 Å². The van der Waals surface area contributed by atoms with Crippen molar-refractivity contribution >= 4 is 48.8 Å². The average molecular weight is 372 g/mol. The monoisotopic (exact) mass is 371 g/mol. The zero-order chi connectivity index (χ0) is 4.00. The summed E-state index contributed by atoms with van der Waals surface area (Å²) in [6.45, 7) is 0. The van der Waals surface area contributed by atoms with E-state index in [2.05, 4.69) is 0 Å². The number of hydrogen-bond acceptors (Lipinski definition) is 2. The van der Waals surface area contributed by atoms with E-state index in [1.54, 1.807) is 0 Å². The van der Waals surface area contributed by atoms with E-state index in [0.717, 1.165) is 0 Å². The van der Waals surface area contributed by atoms with Gasteiger partial charge in [0.25, 0.3) is 0 Å². The van der Waals surface area contributed by atoms with Crippen LogP contribution in [0.15, 0.2) is 0 Å². The van der Waals surface area contributed by atoms with E-state index >= 15 is 0 Å². The van der Waals surface area contributed by atoms with Gasteiger partial charge in [-0.3, -0.25) is 0 Å². The molecule has 0 aliphatic heterocycles. The molecule has 0 aromatic heterocycles. The summed E-state index contributed by atoms with van der Waals surface area (Å²) >= 11 is -0.200. The number of hydrogen-bond donors (Lipinski definition) is 0. The first-order valence-corrected chi connectivity index (χ1v) is 3.87. The quantitative estimate of drug-likeness (QED) is 0.484. The van der Waals surface area contributed by atoms with Crippen molar-refractivity contribution < 1.29 is 28.1 Å². The molecule has 0 aliphatic rings. The summed E-state index contributed by atoms with van der Waals surface area (Å²) in [5.41, 5.74) is 0. The van der Waals surface area contributed by atoms with Crippen LogP contribution >= 0.6 is 0 Å². The summed E-state index contributed by atoms with van der Waals surface area (Å²) in [6, 6.07) is 0. The van der Waals surface area contributed by atoms with Gasteiger partial charge in [0.2, 0.25) is 0 Å². The van der Waals surface area contributed by atoms with E-state index in [0.29, 0.717) is 0 Å². The van der Waals surface area contributed by atoms with Crippen LogP contribution in [0, 0.1) is 0 Å². The number of rotatable bonds is 0. The van der Waals surface area contributed by atoms with E-state index < -0.39 is 0 Å². The van der Waals surface area contributed by atoms with Gasteiger partial charge in [0.1, 0.15) is 0 Å². The van der Waals surface area contributed by atoms with Crippen molar-refractivity contribution in [3.63, 3.8) is 0 Å². The molecule has 5 heteroatoms. The van der Waals surface area contributed by atoms with Gasteiger partial charge in [-0.05, 0) is 0 Å². The fourth-order valence-electron chi connectivity index (χ4n) is 0. The summed E-state index contributed by atoms with van der Waals surface area (Å²) in [5.74, 6) is 0. The maximum absolute atomic E-state index is 8.42. The zero-order valence-corrected chi connectivity index (χ0v) is 12.1. The van der Waals surface area contributed by atoms with E-state index in [-0.39, 0.29) is 71.1 Å². The molecule has 0 saturated carbocycles. The Kier molecular flexibility index (Phi) is 114. The molecule has 0 N–H and O–H groups in total. The summed E-state index contributed by atoms with van der Waals surface area (Å²) in [5, 5.41) is 0. The van der Waals surface area contributed by atoms with Crippen LogP contribution < -0.4 is 0 Å². The third-order valence-electron chi connectivity index (χ3n) is 0. The minimum absolute atomic E-state index is 0. The van der Waals surface area contributed by atoms with Crippen molar-refractivity contribution in [1.29, 1.82) is 0 Å². The summed E-state index contributed by atoms with van der Waals surface area (Å²) in [6.07, 6.45) is 0. The molecular weight excluding hydrogens is 370 g/mol. The van der Waals surface area contributed by atoms with Gasteiger partial charge in [-0.15, -0.1) is 0 Å². The first-order chi connectivity index (χ1) is 2.00. The van der Waals surface area contributed by atoms with Crippen molar-refractivity contribution in [1.82, 2.24) is 0 Å². The maximum atomic E-state index is 8.42. The Balaban J connectivity index is -0.0000000133. The fraction of sp³-hybridized carbons (Fsp3) is 0. The summed E-state index contributed by atoms with van der Waals surface area (Å²) in [7, 11) is 0. The van der Waals surface area contributed by atoms with Crippen molar-refractivity contribution in [3.05, 3.63) is 0 Å². The van der Waals surface area contributed by atoms with Gasteiger partial charge in [-0.2, -0.15) is 0 Å². The zero-order valence-electron chi connectivity index (χ0n) is 2.53. The third kappa shape index (κ3) is 23.4. The van der Waals surface area contributed by atoms with Crippen molar-refractivity contribution in [2.24, 2.45) is 0 Å². The molecule has 0 fully saturated rings. The van der Waals surface area contributed by atoms with Gasteiger partial charge < -0.3 is 0 Å². The van der Waals surface area contributed by atoms with E-state index in [9.17, 15) is 0 Å². The van der Waals surface area contributed by atoms with Gasteiger partial charge in [-0.1, -0.05) is 0 Å². The molecule has 5 heavy (non-hydrogen) atoms. The molecule has 1 radical (unpaired) electrons. The molecule has 0 unspecified atom stereocenters. The van der Waals surface area contributed by atoms with Crippen LogP contribution in [-0.4, -0.2) is 48.8 Å². The molecule has 0 saturated heterocycles. The second-order valence-electron chi connectivity index (χ2n) is 0. The van der Waals surface area contributed by atoms with Crippen molar-refractivity contribution in [2.75, 3.05) is 0 Å². The Morgan fingerprint density at radius 3 is 0.800 bits per heavy atom. The second kappa shape index (κ2) is 36.3. The molecule has 0 heterocycles. The molecular formula is H2AgIn2O2. The minimum atomic E-state index is -0.1000. The molecule has 0 aromatic carbocycles. The Bertz CT molecular complexity index is 9.61. The fourth-order valence-corrected chi connectivity index (χ4v) is 0. The SMILES string of the molecule is [Ag].[O]=[InH].[O]=[InH]. The van der Waals surface area contributed by atoms with Crippen LogP contribution in [0.4, 0.5) is 0 Å². The third-order valence-corrected chi connectivity index (χ3v) is 0. The van der Waals surface area contributed by atoms with Crippen molar-refractivity contribution in [3.8, 4) is 0 Å². The van der Waals surface area contributed by atoms with Gasteiger partial charge >= 0.3 is 54.5 Å². The Morgan fingerprint density at radius 1 is 0.800 bits per heavy atom. The predicted molar refractivity (Wildman–Crippen MR) is 15.7 cm³/mol. The molecule has 0 rings (SSSR count). The molecule has 31 valence electrons. The Labute approximate surface area is 75.6 Å². The first-order valence-electron chi connectivity index (χ1n) is 0.577.